The molecule has 6 nitrogen and oxygen atoms in total. The van der Waals surface area contributed by atoms with Gasteiger partial charge in [0.05, 0.1) is 17.5 Å². The lowest BCUT2D eigenvalue weighted by molar-refractivity contribution is 0.0677. The van der Waals surface area contributed by atoms with Crippen LogP contribution < -0.4 is 5.56 Å². The Balaban J connectivity index is 1.58. The number of carbonyl (C=O) groups is 1. The largest absolute Gasteiger partial charge is 0.337 e. The number of piperidine rings is 1. The molecule has 0 aromatic carbocycles. The molecule has 1 aliphatic heterocycles. The van der Waals surface area contributed by atoms with Gasteiger partial charge >= 0.3 is 0 Å². The molecular formula is C17H22N4O2S. The van der Waals surface area contributed by atoms with Crippen molar-refractivity contribution in [3.63, 3.8) is 0 Å². The van der Waals surface area contributed by atoms with Gasteiger partial charge in [-0.25, -0.2) is 9.97 Å². The van der Waals surface area contributed by atoms with Crippen molar-refractivity contribution in [3.8, 4) is 0 Å². The van der Waals surface area contributed by atoms with E-state index in [1.165, 1.54) is 11.3 Å². The van der Waals surface area contributed by atoms with Gasteiger partial charge in [-0.15, -0.1) is 11.3 Å². The Kier molecular flexibility index (Phi) is 5.08. The van der Waals surface area contributed by atoms with E-state index in [2.05, 4.69) is 9.97 Å². The Labute approximate surface area is 145 Å². The van der Waals surface area contributed by atoms with Crippen LogP contribution in [0.4, 0.5) is 0 Å². The molecule has 3 rings (SSSR count). The van der Waals surface area contributed by atoms with Gasteiger partial charge in [0.1, 0.15) is 5.69 Å². The minimum Gasteiger partial charge on any atom is -0.337 e. The van der Waals surface area contributed by atoms with Crippen molar-refractivity contribution in [2.75, 3.05) is 13.1 Å². The summed E-state index contributed by atoms with van der Waals surface area (Å²) in [6.07, 6.45) is 3.45. The van der Waals surface area contributed by atoms with Crippen LogP contribution in [0, 0.1) is 5.92 Å². The number of hydrogen-bond acceptors (Lipinski definition) is 5. The summed E-state index contributed by atoms with van der Waals surface area (Å²) in [6, 6.07) is 1.63. The molecule has 24 heavy (non-hydrogen) atoms. The lowest BCUT2D eigenvalue weighted by atomic mass is 9.96. The van der Waals surface area contributed by atoms with Crippen LogP contribution in [-0.4, -0.2) is 38.4 Å². The molecule has 7 heteroatoms. The van der Waals surface area contributed by atoms with E-state index in [0.717, 1.165) is 18.5 Å². The molecule has 0 radical (unpaired) electrons. The molecule has 0 N–H and O–H groups in total. The molecule has 0 bridgehead atoms. The third-order valence-corrected chi connectivity index (χ3v) is 5.09. The highest BCUT2D eigenvalue weighted by Gasteiger charge is 2.25. The topological polar surface area (TPSA) is 68.1 Å². The Morgan fingerprint density at radius 2 is 2.08 bits per heavy atom. The first kappa shape index (κ1) is 16.8. The molecule has 0 spiro atoms. The lowest BCUT2D eigenvalue weighted by Crippen LogP contribution is -2.40. The third kappa shape index (κ3) is 3.72. The summed E-state index contributed by atoms with van der Waals surface area (Å²) in [7, 11) is 0. The second-order valence-electron chi connectivity index (χ2n) is 6.57. The van der Waals surface area contributed by atoms with Crippen molar-refractivity contribution in [3.05, 3.63) is 45.0 Å². The van der Waals surface area contributed by atoms with Gasteiger partial charge in [-0.3, -0.25) is 14.2 Å². The zero-order valence-corrected chi connectivity index (χ0v) is 14.8. The minimum absolute atomic E-state index is 0.00896. The average Bonchev–Trinajstić information content (AvgIpc) is 3.11. The highest BCUT2D eigenvalue weighted by atomic mass is 32.1. The maximum Gasteiger partial charge on any atom is 0.273 e. The minimum atomic E-state index is 0.00896. The van der Waals surface area contributed by atoms with Gasteiger partial charge in [-0.1, -0.05) is 13.8 Å². The number of hydrogen-bond donors (Lipinski definition) is 0. The standard InChI is InChI=1S/C17H22N4O2S/c1-12(2)14-7-16(22)21(10-18-14)8-13-3-5-20(6-4-13)17(23)15-9-24-11-19-15/h7,9-13H,3-6,8H2,1-2H3. The van der Waals surface area contributed by atoms with Crippen LogP contribution in [0.15, 0.2) is 28.1 Å². The first-order valence-electron chi connectivity index (χ1n) is 8.28. The van der Waals surface area contributed by atoms with E-state index in [1.54, 1.807) is 27.9 Å². The summed E-state index contributed by atoms with van der Waals surface area (Å²) in [4.78, 5) is 34.8. The molecule has 0 atom stereocenters. The Hall–Kier alpha value is -2.02. The number of amides is 1. The summed E-state index contributed by atoms with van der Waals surface area (Å²) < 4.78 is 1.69. The molecule has 0 unspecified atom stereocenters. The van der Waals surface area contributed by atoms with E-state index in [4.69, 9.17) is 0 Å². The highest BCUT2D eigenvalue weighted by Crippen LogP contribution is 2.20. The molecule has 2 aromatic heterocycles. The Morgan fingerprint density at radius 1 is 1.33 bits per heavy atom. The van der Waals surface area contributed by atoms with Crippen LogP contribution in [0.5, 0.6) is 0 Å². The number of likely N-dealkylation sites (tertiary alicyclic amines) is 1. The molecule has 0 saturated carbocycles. The molecule has 2 aromatic rings. The van der Waals surface area contributed by atoms with E-state index in [-0.39, 0.29) is 17.4 Å². The van der Waals surface area contributed by atoms with Crippen LogP contribution in [-0.2, 0) is 6.54 Å². The van der Waals surface area contributed by atoms with Crippen molar-refractivity contribution >= 4 is 17.2 Å². The second-order valence-corrected chi connectivity index (χ2v) is 7.29. The summed E-state index contributed by atoms with van der Waals surface area (Å²) in [5, 5.41) is 1.79. The van der Waals surface area contributed by atoms with Gasteiger partial charge in [0, 0.05) is 31.1 Å². The van der Waals surface area contributed by atoms with Crippen molar-refractivity contribution in [1.29, 1.82) is 0 Å². The summed E-state index contributed by atoms with van der Waals surface area (Å²) >= 11 is 1.44. The quantitative estimate of drug-likeness (QED) is 0.852. The first-order valence-corrected chi connectivity index (χ1v) is 9.22. The van der Waals surface area contributed by atoms with Gasteiger partial charge in [0.15, 0.2) is 0 Å². The predicted octanol–water partition coefficient (Wildman–Crippen LogP) is 2.38. The van der Waals surface area contributed by atoms with Gasteiger partial charge in [-0.05, 0) is 24.7 Å². The van der Waals surface area contributed by atoms with E-state index < -0.39 is 0 Å². The van der Waals surface area contributed by atoms with Crippen molar-refractivity contribution in [2.24, 2.45) is 5.92 Å². The van der Waals surface area contributed by atoms with Gasteiger partial charge < -0.3 is 4.90 Å². The first-order chi connectivity index (χ1) is 11.5. The van der Waals surface area contributed by atoms with Gasteiger partial charge in [0.25, 0.3) is 11.5 Å². The molecule has 1 amide bonds. The van der Waals surface area contributed by atoms with Crippen molar-refractivity contribution in [1.82, 2.24) is 19.4 Å². The van der Waals surface area contributed by atoms with E-state index >= 15 is 0 Å². The van der Waals surface area contributed by atoms with Crippen LogP contribution in [0.25, 0.3) is 0 Å². The van der Waals surface area contributed by atoms with E-state index in [0.29, 0.717) is 31.2 Å². The van der Waals surface area contributed by atoms with Gasteiger partial charge in [-0.2, -0.15) is 0 Å². The number of thiazole rings is 1. The number of rotatable bonds is 4. The lowest BCUT2D eigenvalue weighted by Gasteiger charge is -2.31. The van der Waals surface area contributed by atoms with E-state index in [9.17, 15) is 9.59 Å². The smallest absolute Gasteiger partial charge is 0.273 e. The second kappa shape index (κ2) is 7.25. The molecule has 0 aliphatic carbocycles. The number of carbonyl (C=O) groups excluding carboxylic acids is 1. The van der Waals surface area contributed by atoms with Crippen molar-refractivity contribution < 1.29 is 4.79 Å². The van der Waals surface area contributed by atoms with Crippen LogP contribution >= 0.6 is 11.3 Å². The van der Waals surface area contributed by atoms with Gasteiger partial charge in [0.2, 0.25) is 0 Å². The van der Waals surface area contributed by atoms with Crippen molar-refractivity contribution in [2.45, 2.75) is 39.2 Å². The Bertz CT molecular complexity index is 746. The zero-order chi connectivity index (χ0) is 17.1. The zero-order valence-electron chi connectivity index (χ0n) is 14.0. The number of nitrogens with zero attached hydrogens (tertiary/aromatic N) is 4. The highest BCUT2D eigenvalue weighted by molar-refractivity contribution is 7.07. The van der Waals surface area contributed by atoms with Crippen LogP contribution in [0.3, 0.4) is 0 Å². The fourth-order valence-electron chi connectivity index (χ4n) is 2.97. The fraction of sp³-hybridized carbons (Fsp3) is 0.529. The summed E-state index contributed by atoms with van der Waals surface area (Å²) in [5.74, 6) is 0.663. The average molecular weight is 346 g/mol. The SMILES string of the molecule is CC(C)c1cc(=O)n(CC2CCN(C(=O)c3cscn3)CC2)cn1. The van der Waals surface area contributed by atoms with Crippen LogP contribution in [0.1, 0.15) is 48.8 Å². The summed E-state index contributed by atoms with van der Waals surface area (Å²) in [6.45, 7) is 6.16. The maximum absolute atomic E-state index is 12.3. The summed E-state index contributed by atoms with van der Waals surface area (Å²) in [5.41, 5.74) is 3.05. The molecule has 1 aliphatic rings. The van der Waals surface area contributed by atoms with Crippen LogP contribution in [0.2, 0.25) is 0 Å². The molecule has 1 fully saturated rings. The molecule has 128 valence electrons. The van der Waals surface area contributed by atoms with E-state index in [1.807, 2.05) is 18.7 Å². The molecule has 1 saturated heterocycles. The maximum atomic E-state index is 12.3. The Morgan fingerprint density at radius 3 is 2.67 bits per heavy atom. The predicted molar refractivity (Wildman–Crippen MR) is 93.3 cm³/mol. The monoisotopic (exact) mass is 346 g/mol. The number of aromatic nitrogens is 3. The molecule has 3 heterocycles. The third-order valence-electron chi connectivity index (χ3n) is 4.50. The fourth-order valence-corrected chi connectivity index (χ4v) is 3.50. The normalized spacial score (nSPS) is 15.9. The molecular weight excluding hydrogens is 324 g/mol.